The summed E-state index contributed by atoms with van der Waals surface area (Å²) in [5, 5.41) is 27.2. The second-order valence-corrected chi connectivity index (χ2v) is 12.7. The van der Waals surface area contributed by atoms with Crippen molar-refractivity contribution in [2.75, 3.05) is 49.9 Å². The van der Waals surface area contributed by atoms with Crippen molar-refractivity contribution in [2.45, 2.75) is 48.1 Å². The Morgan fingerprint density at radius 1 is 1.20 bits per heavy atom. The molecule has 0 bridgehead atoms. The van der Waals surface area contributed by atoms with Crippen molar-refractivity contribution in [3.63, 3.8) is 0 Å². The number of carbonyl (C=O) groups excluding carboxylic acids is 3. The molecule has 4 fully saturated rings. The molecule has 2 aliphatic heterocycles. The average molecular weight is 586 g/mol. The molecule has 5 rings (SSSR count). The summed E-state index contributed by atoms with van der Waals surface area (Å²) in [5.74, 6) is -4.42. The lowest BCUT2D eigenvalue weighted by molar-refractivity contribution is -0.145. The minimum Gasteiger partial charge on any atom is -0.385 e. The largest absolute Gasteiger partial charge is 0.385 e. The number of anilines is 2. The Balaban J connectivity index is 1.16. The lowest BCUT2D eigenvalue weighted by Crippen LogP contribution is -2.71. The molecule has 0 aromatic heterocycles. The number of carbonyl (C=O) groups is 3. The summed E-state index contributed by atoms with van der Waals surface area (Å²) in [7, 11) is 0. The third-order valence-corrected chi connectivity index (χ3v) is 10.6. The summed E-state index contributed by atoms with van der Waals surface area (Å²) < 4.78 is 26.1. The van der Waals surface area contributed by atoms with E-state index >= 15 is 0 Å². The molecule has 6 unspecified atom stereocenters. The molecular weight excluding hydrogens is 552 g/mol. The molecule has 218 valence electrons. The molecule has 1 spiro atoms. The van der Waals surface area contributed by atoms with Crippen LogP contribution >= 0.6 is 11.8 Å². The Bertz CT molecular complexity index is 1290. The number of piperidine rings is 1. The SMILES string of the molecule is CCN1C(=O)C2(CC2CNc2cccc(NC(=O)CN3CCC(F)(F)CC3)c2)SC2C(C#N)C(C(=O)NCC#N)C21. The highest BCUT2D eigenvalue weighted by atomic mass is 32.2. The van der Waals surface area contributed by atoms with Gasteiger partial charge in [-0.2, -0.15) is 10.5 Å². The van der Waals surface area contributed by atoms with Gasteiger partial charge in [0.15, 0.2) is 0 Å². The first-order valence-electron chi connectivity index (χ1n) is 13.9. The van der Waals surface area contributed by atoms with Crippen LogP contribution in [0, 0.1) is 40.4 Å². The fourth-order valence-electron chi connectivity index (χ4n) is 6.29. The van der Waals surface area contributed by atoms with E-state index in [-0.39, 0.29) is 74.0 Å². The molecule has 41 heavy (non-hydrogen) atoms. The monoisotopic (exact) mass is 585 g/mol. The number of nitriles is 2. The molecule has 1 aromatic carbocycles. The van der Waals surface area contributed by atoms with Crippen molar-refractivity contribution in [3.05, 3.63) is 24.3 Å². The third kappa shape index (κ3) is 5.70. The number of nitrogens with zero attached hydrogens (tertiary/aromatic N) is 4. The first-order valence-corrected chi connectivity index (χ1v) is 14.8. The van der Waals surface area contributed by atoms with Gasteiger partial charge in [-0.25, -0.2) is 8.78 Å². The van der Waals surface area contributed by atoms with Crippen LogP contribution in [-0.4, -0.2) is 88.8 Å². The highest BCUT2D eigenvalue weighted by molar-refractivity contribution is 8.02. The van der Waals surface area contributed by atoms with Crippen LogP contribution in [0.15, 0.2) is 24.3 Å². The van der Waals surface area contributed by atoms with Crippen molar-refractivity contribution < 1.29 is 23.2 Å². The van der Waals surface area contributed by atoms with E-state index in [1.54, 1.807) is 28.0 Å². The van der Waals surface area contributed by atoms with Gasteiger partial charge >= 0.3 is 0 Å². The maximum atomic E-state index is 13.6. The molecule has 4 aliphatic rings. The first kappa shape index (κ1) is 29.1. The van der Waals surface area contributed by atoms with Crippen LogP contribution < -0.4 is 16.0 Å². The maximum Gasteiger partial charge on any atom is 0.250 e. The lowest BCUT2D eigenvalue weighted by atomic mass is 9.67. The number of nitrogens with one attached hydrogen (secondary N) is 3. The van der Waals surface area contributed by atoms with E-state index in [0.29, 0.717) is 25.2 Å². The zero-order valence-corrected chi connectivity index (χ0v) is 23.6. The van der Waals surface area contributed by atoms with Gasteiger partial charge in [0.2, 0.25) is 17.7 Å². The van der Waals surface area contributed by atoms with E-state index in [2.05, 4.69) is 22.0 Å². The summed E-state index contributed by atoms with van der Waals surface area (Å²) in [4.78, 5) is 42.2. The van der Waals surface area contributed by atoms with Gasteiger partial charge in [0.25, 0.3) is 5.92 Å². The number of hydrogen-bond acceptors (Lipinski definition) is 8. The number of rotatable bonds is 9. The molecular formula is C28H33F2N7O3S. The minimum atomic E-state index is -2.66. The second kappa shape index (κ2) is 11.5. The molecule has 13 heteroatoms. The van der Waals surface area contributed by atoms with E-state index < -0.39 is 22.5 Å². The van der Waals surface area contributed by atoms with Gasteiger partial charge in [0.05, 0.1) is 41.3 Å². The number of fused-ring (bicyclic) bond motifs is 1. The number of hydrogen-bond donors (Lipinski definition) is 3. The molecule has 1 aromatic rings. The van der Waals surface area contributed by atoms with Gasteiger partial charge < -0.3 is 20.9 Å². The normalized spacial score (nSPS) is 31.7. The van der Waals surface area contributed by atoms with Gasteiger partial charge in [0, 0.05) is 61.6 Å². The number of likely N-dealkylation sites (tertiary alicyclic amines) is 1. The quantitative estimate of drug-likeness (QED) is 0.375. The Morgan fingerprint density at radius 3 is 2.61 bits per heavy atom. The molecule has 6 atom stereocenters. The summed E-state index contributed by atoms with van der Waals surface area (Å²) >= 11 is 1.52. The number of thioether (sulfide) groups is 1. The molecule has 0 radical (unpaired) electrons. The fraction of sp³-hybridized carbons (Fsp3) is 0.607. The molecule has 2 saturated heterocycles. The topological polar surface area (TPSA) is 141 Å². The zero-order chi connectivity index (χ0) is 29.4. The molecule has 3 N–H and O–H groups in total. The molecule has 3 amide bonds. The number of halogens is 2. The minimum absolute atomic E-state index is 0.0102. The first-order chi connectivity index (χ1) is 19.6. The van der Waals surface area contributed by atoms with Crippen LogP contribution in [-0.2, 0) is 14.4 Å². The Labute approximate surface area is 241 Å². The van der Waals surface area contributed by atoms with Crippen LogP contribution in [0.1, 0.15) is 26.2 Å². The van der Waals surface area contributed by atoms with Crippen LogP contribution in [0.5, 0.6) is 0 Å². The Morgan fingerprint density at radius 2 is 1.93 bits per heavy atom. The summed E-state index contributed by atoms with van der Waals surface area (Å²) in [6, 6.07) is 11.0. The van der Waals surface area contributed by atoms with Crippen molar-refractivity contribution in [3.8, 4) is 12.1 Å². The predicted octanol–water partition coefficient (Wildman–Crippen LogP) is 2.27. The van der Waals surface area contributed by atoms with Gasteiger partial charge in [0.1, 0.15) is 6.54 Å². The van der Waals surface area contributed by atoms with Gasteiger partial charge in [-0.3, -0.25) is 19.3 Å². The fourth-order valence-corrected chi connectivity index (χ4v) is 8.39. The smallest absolute Gasteiger partial charge is 0.250 e. The number of amides is 3. The summed E-state index contributed by atoms with van der Waals surface area (Å²) in [6.07, 6.45) is 0.184. The van der Waals surface area contributed by atoms with E-state index in [1.165, 1.54) is 11.8 Å². The van der Waals surface area contributed by atoms with Crippen molar-refractivity contribution in [1.29, 1.82) is 10.5 Å². The standard InChI is InChI=1S/C28H33F2N7O3S/c1-2-37-23-22(25(39)33-9-8-31)20(14-32)24(23)41-28(26(37)40)13-17(28)15-34-18-4-3-5-19(12-18)35-21(38)16-36-10-6-27(29,30)7-11-36/h3-5,12,17,20,22-24,34H,2,6-7,9-11,13,15-16H2,1H3,(H,33,39)(H,35,38). The van der Waals surface area contributed by atoms with Crippen LogP contribution in [0.4, 0.5) is 20.2 Å². The van der Waals surface area contributed by atoms with E-state index in [0.717, 1.165) is 5.69 Å². The van der Waals surface area contributed by atoms with E-state index in [1.807, 2.05) is 19.1 Å². The molecule has 2 saturated carbocycles. The third-order valence-electron chi connectivity index (χ3n) is 8.61. The highest BCUT2D eigenvalue weighted by Crippen LogP contribution is 2.65. The van der Waals surface area contributed by atoms with Crippen molar-refractivity contribution in [1.82, 2.24) is 15.1 Å². The molecule has 2 aliphatic carbocycles. The van der Waals surface area contributed by atoms with Crippen molar-refractivity contribution >= 4 is 40.9 Å². The summed E-state index contributed by atoms with van der Waals surface area (Å²) in [5.41, 5.74) is 1.36. The summed E-state index contributed by atoms with van der Waals surface area (Å²) in [6.45, 7) is 3.12. The number of benzene rings is 1. The lowest BCUT2D eigenvalue weighted by Gasteiger charge is -2.57. The van der Waals surface area contributed by atoms with Crippen LogP contribution in [0.25, 0.3) is 0 Å². The second-order valence-electron chi connectivity index (χ2n) is 11.2. The van der Waals surface area contributed by atoms with Crippen LogP contribution in [0.2, 0.25) is 0 Å². The average Bonchev–Trinajstić information content (AvgIpc) is 3.65. The van der Waals surface area contributed by atoms with Gasteiger partial charge in [-0.05, 0) is 31.5 Å². The van der Waals surface area contributed by atoms with E-state index in [9.17, 15) is 28.4 Å². The van der Waals surface area contributed by atoms with Crippen LogP contribution in [0.3, 0.4) is 0 Å². The van der Waals surface area contributed by atoms with E-state index in [4.69, 9.17) is 5.26 Å². The molecule has 10 nitrogen and oxygen atoms in total. The molecule has 2 heterocycles. The maximum absolute atomic E-state index is 13.6. The Kier molecular flexibility index (Phi) is 8.13. The Hall–Kier alpha value is -3.42. The van der Waals surface area contributed by atoms with Gasteiger partial charge in [-0.15, -0.1) is 11.8 Å². The van der Waals surface area contributed by atoms with Gasteiger partial charge in [-0.1, -0.05) is 6.07 Å². The highest BCUT2D eigenvalue weighted by Gasteiger charge is 2.72. The predicted molar refractivity (Wildman–Crippen MR) is 149 cm³/mol. The number of alkyl halides is 2. The van der Waals surface area contributed by atoms with Crippen molar-refractivity contribution in [2.24, 2.45) is 17.8 Å². The zero-order valence-electron chi connectivity index (χ0n) is 22.7.